The Balaban J connectivity index is 0.000000389. The van der Waals surface area contributed by atoms with E-state index in [4.69, 9.17) is 0 Å². The van der Waals surface area contributed by atoms with E-state index in [-0.39, 0.29) is 5.91 Å². The van der Waals surface area contributed by atoms with Crippen molar-refractivity contribution in [1.29, 1.82) is 0 Å². The van der Waals surface area contributed by atoms with E-state index < -0.39 is 9.52 Å². The molecule has 0 spiro atoms. The summed E-state index contributed by atoms with van der Waals surface area (Å²) in [4.78, 5) is 40.6. The standard InChI is InChI=1S/C6H12N2O.3C6H14N2.C6H13NOS.3C6H13N.C5H11N/c1-7-3-4-8(2)6(9)5-7;3*1-7-3-5-8(2)6-4-7;1-7-3-5-9(2,8)6-4-7;3*1-7-5-3-2-4-6-7;1-6-4-2-3-5-6/h3-5H2,1-2H3;3*3-6H2,1-2H3;2-6H2,1H3;3*2-6H2,1H3;2-5H2,1H3. The number of carbonyl (C=O) groups is 1. The number of likely N-dealkylation sites (N-methyl/N-ethyl adjacent to an activating group) is 8. The minimum atomic E-state index is -1.66. The van der Waals surface area contributed by atoms with Crippen molar-refractivity contribution in [2.24, 2.45) is 0 Å². The molecule has 0 saturated carbocycles. The summed E-state index contributed by atoms with van der Waals surface area (Å²) in [6, 6.07) is 0. The maximum absolute atomic E-state index is 11.2. The number of rotatable bonds is 0. The Bertz CT molecular complexity index is 1160. The van der Waals surface area contributed by atoms with Crippen LogP contribution in [0.5, 0.6) is 0 Å². The molecular formula is C53H117N13O2S. The van der Waals surface area contributed by atoms with Gasteiger partial charge in [0.05, 0.1) is 6.54 Å². The van der Waals surface area contributed by atoms with Gasteiger partial charge in [-0.05, 0) is 204 Å². The molecule has 0 aliphatic carbocycles. The lowest BCUT2D eigenvalue weighted by atomic mass is 10.1. The zero-order valence-corrected chi connectivity index (χ0v) is 48.9. The first-order valence-electron chi connectivity index (χ1n) is 27.5. The van der Waals surface area contributed by atoms with Crippen LogP contribution in [0, 0.1) is 0 Å². The van der Waals surface area contributed by atoms with Gasteiger partial charge in [0.1, 0.15) is 0 Å². The second kappa shape index (κ2) is 40.4. The van der Waals surface area contributed by atoms with Gasteiger partial charge < -0.3 is 58.8 Å². The summed E-state index contributed by atoms with van der Waals surface area (Å²) in [6.07, 6.45) is 15.7. The number of nitrogens with zero attached hydrogens (tertiary/aromatic N) is 13. The van der Waals surface area contributed by atoms with E-state index >= 15 is 0 Å². The van der Waals surface area contributed by atoms with Crippen LogP contribution in [0.1, 0.15) is 70.6 Å². The number of amides is 1. The number of hydrogen-bond donors (Lipinski definition) is 0. The first-order chi connectivity index (χ1) is 32.7. The van der Waals surface area contributed by atoms with Crippen molar-refractivity contribution >= 4 is 21.3 Å². The van der Waals surface area contributed by atoms with Gasteiger partial charge in [0.2, 0.25) is 5.91 Å². The van der Waals surface area contributed by atoms with Crippen LogP contribution < -0.4 is 0 Å². The minimum absolute atomic E-state index is 0.226. The van der Waals surface area contributed by atoms with Gasteiger partial charge in [-0.15, -0.1) is 0 Å². The van der Waals surface area contributed by atoms with E-state index in [0.29, 0.717) is 6.54 Å². The summed E-state index contributed by atoms with van der Waals surface area (Å²) in [7, 11) is 26.0. The Morgan fingerprint density at radius 2 is 0.464 bits per heavy atom. The molecule has 9 fully saturated rings. The van der Waals surface area contributed by atoms with E-state index in [2.05, 4.69) is 137 Å². The molecule has 0 unspecified atom stereocenters. The van der Waals surface area contributed by atoms with Crippen molar-refractivity contribution in [3.05, 3.63) is 0 Å². The molecule has 9 saturated heterocycles. The first-order valence-corrected chi connectivity index (χ1v) is 29.6. The lowest BCUT2D eigenvalue weighted by Crippen LogP contribution is -2.46. The summed E-state index contributed by atoms with van der Waals surface area (Å²) in [5, 5.41) is 0. The van der Waals surface area contributed by atoms with Gasteiger partial charge in [-0.25, -0.2) is 0 Å². The number of carbonyl (C=O) groups excluding carboxylic acids is 1. The molecule has 1 amide bonds. The molecule has 16 heteroatoms. The Kier molecular flexibility index (Phi) is 38.7. The van der Waals surface area contributed by atoms with E-state index in [1.54, 1.807) is 4.90 Å². The summed E-state index contributed by atoms with van der Waals surface area (Å²) in [6.45, 7) is 29.7. The molecule has 0 aromatic carbocycles. The van der Waals surface area contributed by atoms with Crippen molar-refractivity contribution in [1.82, 2.24) is 63.7 Å². The molecule has 15 nitrogen and oxygen atoms in total. The van der Waals surface area contributed by atoms with Crippen LogP contribution in [0.3, 0.4) is 0 Å². The number of likely N-dealkylation sites (tertiary alicyclic amines) is 4. The number of piperidine rings is 3. The highest BCUT2D eigenvalue weighted by molar-refractivity contribution is 8.00. The van der Waals surface area contributed by atoms with Crippen LogP contribution in [0.25, 0.3) is 0 Å². The molecule has 9 rings (SSSR count). The number of hydrogen-bond acceptors (Lipinski definition) is 14. The first kappa shape index (κ1) is 66.0. The van der Waals surface area contributed by atoms with Crippen molar-refractivity contribution in [3.63, 3.8) is 0 Å². The van der Waals surface area contributed by atoms with Gasteiger partial charge in [0.25, 0.3) is 0 Å². The Morgan fingerprint density at radius 1 is 0.275 bits per heavy atom. The van der Waals surface area contributed by atoms with Gasteiger partial charge in [0.15, 0.2) is 0 Å². The fourth-order valence-corrected chi connectivity index (χ4v) is 9.98. The maximum Gasteiger partial charge on any atom is 0.236 e. The zero-order chi connectivity index (χ0) is 51.5. The fraction of sp³-hybridized carbons (Fsp3) is 0.962. The normalized spacial score (nSPS) is 25.7. The molecule has 0 atom stereocenters. The van der Waals surface area contributed by atoms with Crippen molar-refractivity contribution in [2.45, 2.75) is 70.6 Å². The summed E-state index contributed by atoms with van der Waals surface area (Å²) in [5.41, 5.74) is 0. The SMILES string of the molecule is C=S1(=O)CCN(C)CC1.CN1CCCC1.CN1CCCCC1.CN1CCCCC1.CN1CCCCC1.CN1CCN(C)C(=O)C1.CN1CCN(C)CC1.CN1CCN(C)CC1.CN1CCN(C)CC1. The monoisotopic (exact) mass is 1000 g/mol. The van der Waals surface area contributed by atoms with Crippen molar-refractivity contribution < 1.29 is 9.00 Å². The second-order valence-electron chi connectivity index (χ2n) is 22.2. The largest absolute Gasteiger partial charge is 0.343 e. The van der Waals surface area contributed by atoms with Gasteiger partial charge in [0, 0.05) is 123 Å². The molecule has 412 valence electrons. The van der Waals surface area contributed by atoms with Crippen LogP contribution >= 0.6 is 0 Å². The molecule has 0 aromatic heterocycles. The molecule has 9 heterocycles. The van der Waals surface area contributed by atoms with Gasteiger partial charge in [-0.1, -0.05) is 19.3 Å². The summed E-state index contributed by atoms with van der Waals surface area (Å²) < 4.78 is 11.2. The highest BCUT2D eigenvalue weighted by Crippen LogP contribution is 2.07. The summed E-state index contributed by atoms with van der Waals surface area (Å²) in [5.74, 6) is 5.45. The predicted octanol–water partition coefficient (Wildman–Crippen LogP) is 2.65. The molecule has 69 heavy (non-hydrogen) atoms. The highest BCUT2D eigenvalue weighted by Gasteiger charge is 2.17. The van der Waals surface area contributed by atoms with Crippen LogP contribution in [-0.4, -0.2) is 346 Å². The van der Waals surface area contributed by atoms with E-state index in [9.17, 15) is 9.00 Å². The zero-order valence-electron chi connectivity index (χ0n) is 48.1. The Morgan fingerprint density at radius 3 is 0.623 bits per heavy atom. The summed E-state index contributed by atoms with van der Waals surface area (Å²) >= 11 is 0. The van der Waals surface area contributed by atoms with Crippen LogP contribution in [0.15, 0.2) is 0 Å². The minimum Gasteiger partial charge on any atom is -0.343 e. The Labute approximate surface area is 429 Å². The van der Waals surface area contributed by atoms with E-state index in [0.717, 1.165) is 37.7 Å². The quantitative estimate of drug-likeness (QED) is 0.335. The smallest absolute Gasteiger partial charge is 0.236 e. The van der Waals surface area contributed by atoms with Gasteiger partial charge in [-0.3, -0.25) is 13.9 Å². The highest BCUT2D eigenvalue weighted by atomic mass is 32.2. The topological polar surface area (TPSA) is 76.3 Å². The molecule has 0 bridgehead atoms. The van der Waals surface area contributed by atoms with Gasteiger partial charge >= 0.3 is 0 Å². The predicted molar refractivity (Wildman–Crippen MR) is 303 cm³/mol. The van der Waals surface area contributed by atoms with Crippen molar-refractivity contribution in [3.8, 4) is 0 Å². The third-order valence-electron chi connectivity index (χ3n) is 14.6. The van der Waals surface area contributed by atoms with Gasteiger partial charge in [-0.2, -0.15) is 0 Å². The molecule has 0 N–H and O–H groups in total. The average molecular weight is 1000 g/mol. The maximum atomic E-state index is 11.2. The van der Waals surface area contributed by atoms with E-state index in [1.807, 2.05) is 19.0 Å². The lowest BCUT2D eigenvalue weighted by molar-refractivity contribution is -0.133. The van der Waals surface area contributed by atoms with E-state index in [1.165, 1.54) is 202 Å². The Hall–Kier alpha value is -0.990. The third-order valence-corrected chi connectivity index (χ3v) is 16.4. The molecule has 0 radical (unpaired) electrons. The van der Waals surface area contributed by atoms with Crippen LogP contribution in [0.4, 0.5) is 0 Å². The molecule has 0 aromatic rings. The molecule has 9 aliphatic rings. The molecular weight excluding hydrogens is 883 g/mol. The lowest BCUT2D eigenvalue weighted by Gasteiger charge is -2.28. The molecule has 9 aliphatic heterocycles. The van der Waals surface area contributed by atoms with Crippen molar-refractivity contribution in [2.75, 3.05) is 267 Å². The second-order valence-corrected chi connectivity index (χ2v) is 24.9. The average Bonchev–Trinajstić information content (AvgIpc) is 3.82. The fourth-order valence-electron chi connectivity index (χ4n) is 8.49. The number of piperazine rings is 4. The van der Waals surface area contributed by atoms with Crippen LogP contribution in [-0.2, 0) is 14.3 Å². The van der Waals surface area contributed by atoms with Crippen LogP contribution in [0.2, 0.25) is 0 Å². The third kappa shape index (κ3) is 39.2.